The molecule has 0 fully saturated rings. The van der Waals surface area contributed by atoms with Crippen LogP contribution in [-0.2, 0) is 14.4 Å². The van der Waals surface area contributed by atoms with Gasteiger partial charge in [0.2, 0.25) is 6.29 Å². The van der Waals surface area contributed by atoms with Crippen molar-refractivity contribution in [3.05, 3.63) is 35.7 Å². The van der Waals surface area contributed by atoms with Crippen molar-refractivity contribution in [2.75, 3.05) is 14.2 Å². The summed E-state index contributed by atoms with van der Waals surface area (Å²) >= 11 is 0. The van der Waals surface area contributed by atoms with Crippen molar-refractivity contribution < 1.29 is 14.4 Å². The van der Waals surface area contributed by atoms with Gasteiger partial charge in [-0.2, -0.15) is 0 Å². The molecule has 0 saturated heterocycles. The largest absolute Gasteiger partial charge is 0.285 e. The molecule has 0 unspecified atom stereocenters. The first-order chi connectivity index (χ1) is 7.69. The lowest BCUT2D eigenvalue weighted by Crippen LogP contribution is -2.27. The highest BCUT2D eigenvalue weighted by molar-refractivity contribution is 6.13. The third kappa shape index (κ3) is 2.99. The Morgan fingerprint density at radius 1 is 1.56 bits per heavy atom. The lowest BCUT2D eigenvalue weighted by molar-refractivity contribution is -0.163. The molecule has 0 spiro atoms. The third-order valence-corrected chi connectivity index (χ3v) is 1.88. The van der Waals surface area contributed by atoms with E-state index in [2.05, 4.69) is 9.82 Å². The van der Waals surface area contributed by atoms with Crippen LogP contribution in [-0.4, -0.2) is 36.4 Å². The predicted molar refractivity (Wildman–Crippen MR) is 57.7 cm³/mol. The van der Waals surface area contributed by atoms with E-state index in [0.717, 1.165) is 5.06 Å². The van der Waals surface area contributed by atoms with Crippen molar-refractivity contribution in [1.82, 2.24) is 10.0 Å². The maximum absolute atomic E-state index is 11.6. The topological polar surface area (TPSA) is 59.5 Å². The number of nitrogens with zero attached hydrogens (tertiary/aromatic N) is 2. The summed E-state index contributed by atoms with van der Waals surface area (Å²) in [5.74, 6) is -0.567. The van der Waals surface area contributed by atoms with Gasteiger partial charge < -0.3 is 0 Å². The minimum atomic E-state index is -0.567. The monoisotopic (exact) mass is 219 g/mol. The number of carbonyl (C=O) groups excluding carboxylic acids is 2. The molecule has 0 saturated carbocycles. The predicted octanol–water partition coefficient (Wildman–Crippen LogP) is 0.594. The SMILES string of the molecule is CON(C)C(=O)C([C]=O)=Cc1ccccn1. The molecule has 5 heteroatoms. The number of amides is 1. The molecule has 1 aromatic rings. The minimum Gasteiger partial charge on any atom is -0.285 e. The fourth-order valence-corrected chi connectivity index (χ4v) is 0.997. The Hall–Kier alpha value is -2.01. The molecule has 0 aliphatic carbocycles. The van der Waals surface area contributed by atoms with Crippen molar-refractivity contribution in [2.45, 2.75) is 0 Å². The van der Waals surface area contributed by atoms with Crippen LogP contribution >= 0.6 is 0 Å². The van der Waals surface area contributed by atoms with E-state index in [-0.39, 0.29) is 5.57 Å². The average molecular weight is 219 g/mol. The summed E-state index contributed by atoms with van der Waals surface area (Å²) in [4.78, 5) is 30.8. The molecule has 0 bridgehead atoms. The molecule has 1 amide bonds. The molecular formula is C11H11N2O3. The van der Waals surface area contributed by atoms with Crippen molar-refractivity contribution in [1.29, 1.82) is 0 Å². The summed E-state index contributed by atoms with van der Waals surface area (Å²) in [7, 11) is 2.74. The smallest absolute Gasteiger partial charge is 0.281 e. The number of pyridine rings is 1. The third-order valence-electron chi connectivity index (χ3n) is 1.88. The second-order valence-electron chi connectivity index (χ2n) is 2.90. The summed E-state index contributed by atoms with van der Waals surface area (Å²) in [6, 6.07) is 5.17. The van der Waals surface area contributed by atoms with Gasteiger partial charge in [-0.25, -0.2) is 5.06 Å². The molecule has 83 valence electrons. The summed E-state index contributed by atoms with van der Waals surface area (Å²) in [5.41, 5.74) is 0.377. The van der Waals surface area contributed by atoms with Crippen LogP contribution in [0.15, 0.2) is 30.0 Å². The summed E-state index contributed by atoms with van der Waals surface area (Å²) < 4.78 is 0. The molecule has 0 N–H and O–H groups in total. The molecule has 1 aromatic heterocycles. The van der Waals surface area contributed by atoms with E-state index in [9.17, 15) is 9.59 Å². The van der Waals surface area contributed by atoms with E-state index in [1.54, 1.807) is 30.7 Å². The fraction of sp³-hybridized carbons (Fsp3) is 0.182. The van der Waals surface area contributed by atoms with Crippen molar-refractivity contribution in [3.63, 3.8) is 0 Å². The Bertz CT molecular complexity index is 401. The maximum Gasteiger partial charge on any atom is 0.281 e. The molecule has 0 aliphatic heterocycles. The Labute approximate surface area is 93.3 Å². The van der Waals surface area contributed by atoms with Gasteiger partial charge in [-0.1, -0.05) is 6.07 Å². The van der Waals surface area contributed by atoms with Gasteiger partial charge in [0.25, 0.3) is 5.91 Å². The van der Waals surface area contributed by atoms with Crippen LogP contribution in [0.25, 0.3) is 6.08 Å². The lowest BCUT2D eigenvalue weighted by atomic mass is 10.2. The molecule has 0 atom stereocenters. The van der Waals surface area contributed by atoms with Crippen LogP contribution in [0.3, 0.4) is 0 Å². The molecule has 16 heavy (non-hydrogen) atoms. The number of rotatable bonds is 4. The highest BCUT2D eigenvalue weighted by Gasteiger charge is 2.14. The Kier molecular flexibility index (Phi) is 4.35. The van der Waals surface area contributed by atoms with Crippen molar-refractivity contribution >= 4 is 18.3 Å². The van der Waals surface area contributed by atoms with E-state index < -0.39 is 5.91 Å². The van der Waals surface area contributed by atoms with Crippen LogP contribution in [0, 0.1) is 0 Å². The van der Waals surface area contributed by atoms with Gasteiger partial charge in [0.15, 0.2) is 0 Å². The summed E-state index contributed by atoms with van der Waals surface area (Å²) in [5, 5.41) is 0.944. The van der Waals surface area contributed by atoms with E-state index >= 15 is 0 Å². The highest BCUT2D eigenvalue weighted by atomic mass is 16.7. The summed E-state index contributed by atoms with van der Waals surface area (Å²) in [6.07, 6.45) is 4.49. The number of likely N-dealkylation sites (N-methyl/N-ethyl adjacent to an activating group) is 1. The van der Waals surface area contributed by atoms with Crippen molar-refractivity contribution in [3.8, 4) is 0 Å². The standard InChI is InChI=1S/C11H11N2O3/c1-13(16-2)11(15)9(8-14)7-10-5-3-4-6-12-10/h3-7H,1-2H3. The van der Waals surface area contributed by atoms with Gasteiger partial charge in [0, 0.05) is 13.2 Å². The highest BCUT2D eigenvalue weighted by Crippen LogP contribution is 2.04. The number of aromatic nitrogens is 1. The maximum atomic E-state index is 11.6. The quantitative estimate of drug-likeness (QED) is 0.322. The first kappa shape index (κ1) is 12.1. The van der Waals surface area contributed by atoms with Gasteiger partial charge in [-0.15, -0.1) is 0 Å². The molecule has 0 aromatic carbocycles. The Balaban J connectivity index is 2.95. The Morgan fingerprint density at radius 3 is 2.81 bits per heavy atom. The van der Waals surface area contributed by atoms with E-state index in [0.29, 0.717) is 5.69 Å². The second-order valence-corrected chi connectivity index (χ2v) is 2.90. The first-order valence-corrected chi connectivity index (χ1v) is 4.52. The minimum absolute atomic E-state index is 0.136. The number of hydrogen-bond donors (Lipinski definition) is 0. The zero-order valence-electron chi connectivity index (χ0n) is 9.01. The molecule has 5 nitrogen and oxygen atoms in total. The van der Waals surface area contributed by atoms with Crippen LogP contribution in [0.1, 0.15) is 5.69 Å². The molecule has 0 aliphatic rings. The molecular weight excluding hydrogens is 208 g/mol. The van der Waals surface area contributed by atoms with Gasteiger partial charge in [-0.3, -0.25) is 19.4 Å². The van der Waals surface area contributed by atoms with E-state index in [1.807, 2.05) is 0 Å². The van der Waals surface area contributed by atoms with Crippen LogP contribution in [0.5, 0.6) is 0 Å². The second kappa shape index (κ2) is 5.77. The molecule has 1 heterocycles. The number of hydroxylamine groups is 2. The van der Waals surface area contributed by atoms with E-state index in [4.69, 9.17) is 0 Å². The van der Waals surface area contributed by atoms with Gasteiger partial charge in [-0.05, 0) is 18.2 Å². The van der Waals surface area contributed by atoms with Crippen LogP contribution in [0.4, 0.5) is 0 Å². The first-order valence-electron chi connectivity index (χ1n) is 4.52. The number of carbonyl (C=O) groups is 1. The average Bonchev–Trinajstić information content (AvgIpc) is 2.35. The van der Waals surface area contributed by atoms with Gasteiger partial charge in [0.1, 0.15) is 0 Å². The van der Waals surface area contributed by atoms with Gasteiger partial charge >= 0.3 is 0 Å². The molecule has 1 radical (unpaired) electrons. The zero-order chi connectivity index (χ0) is 12.0. The lowest BCUT2D eigenvalue weighted by Gasteiger charge is -2.12. The zero-order valence-corrected chi connectivity index (χ0v) is 9.01. The Morgan fingerprint density at radius 2 is 2.31 bits per heavy atom. The van der Waals surface area contributed by atoms with Crippen LogP contribution < -0.4 is 0 Å². The summed E-state index contributed by atoms with van der Waals surface area (Å²) in [6.45, 7) is 0. The van der Waals surface area contributed by atoms with Crippen molar-refractivity contribution in [2.24, 2.45) is 0 Å². The van der Waals surface area contributed by atoms with Gasteiger partial charge in [0.05, 0.1) is 18.4 Å². The van der Waals surface area contributed by atoms with E-state index in [1.165, 1.54) is 20.2 Å². The fourth-order valence-electron chi connectivity index (χ4n) is 0.997. The number of hydrogen-bond acceptors (Lipinski definition) is 4. The normalized spacial score (nSPS) is 11.0. The molecule has 1 rings (SSSR count). The van der Waals surface area contributed by atoms with Crippen LogP contribution in [0.2, 0.25) is 0 Å².